The van der Waals surface area contributed by atoms with Crippen LogP contribution >= 0.6 is 46.2 Å². The summed E-state index contributed by atoms with van der Waals surface area (Å²) in [6.07, 6.45) is 0. The molecule has 0 unspecified atom stereocenters. The van der Waals surface area contributed by atoms with Crippen molar-refractivity contribution >= 4 is 57.2 Å². The zero-order valence-electron chi connectivity index (χ0n) is 10.2. The Morgan fingerprint density at radius 3 is 2.58 bits per heavy atom. The van der Waals surface area contributed by atoms with Gasteiger partial charge in [0.2, 0.25) is 11.0 Å². The van der Waals surface area contributed by atoms with Gasteiger partial charge in [0.1, 0.15) is 5.01 Å². The number of hydrogen-bond donors (Lipinski definition) is 1. The molecule has 2 rings (SSSR count). The Morgan fingerprint density at radius 1 is 1.16 bits per heavy atom. The Balaban J connectivity index is 1.80. The highest BCUT2D eigenvalue weighted by molar-refractivity contribution is 8.01. The van der Waals surface area contributed by atoms with E-state index in [9.17, 15) is 4.79 Å². The van der Waals surface area contributed by atoms with Crippen LogP contribution in [0.2, 0.25) is 0 Å². The summed E-state index contributed by atoms with van der Waals surface area (Å²) in [5, 5.41) is 19.9. The van der Waals surface area contributed by atoms with Gasteiger partial charge in [0.25, 0.3) is 0 Å². The van der Waals surface area contributed by atoms with Gasteiger partial charge in [-0.05, 0) is 12.7 Å². The van der Waals surface area contributed by atoms with Crippen LogP contribution < -0.4 is 5.32 Å². The zero-order chi connectivity index (χ0) is 13.7. The number of hydrogen-bond acceptors (Lipinski definition) is 9. The number of anilines is 1. The number of aromatic nitrogens is 4. The molecule has 1 amide bonds. The van der Waals surface area contributed by atoms with Crippen molar-refractivity contribution in [3.8, 4) is 0 Å². The molecule has 0 atom stereocenters. The largest absolute Gasteiger partial charge is 0.300 e. The van der Waals surface area contributed by atoms with Gasteiger partial charge in [-0.15, -0.1) is 20.4 Å². The molecule has 0 fully saturated rings. The summed E-state index contributed by atoms with van der Waals surface area (Å²) in [4.78, 5) is 11.7. The first-order chi connectivity index (χ1) is 9.17. The summed E-state index contributed by atoms with van der Waals surface area (Å²) in [6.45, 7) is 3.93. The van der Waals surface area contributed by atoms with Crippen LogP contribution in [0.1, 0.15) is 11.9 Å². The van der Waals surface area contributed by atoms with Gasteiger partial charge >= 0.3 is 0 Å². The number of rotatable bonds is 6. The summed E-state index contributed by atoms with van der Waals surface area (Å²) in [5.41, 5.74) is 0. The molecule has 0 aliphatic rings. The number of carbonyl (C=O) groups excluding carboxylic acids is 1. The van der Waals surface area contributed by atoms with Crippen LogP contribution in [-0.2, 0) is 4.79 Å². The van der Waals surface area contributed by atoms with Crippen molar-refractivity contribution in [3.63, 3.8) is 0 Å². The van der Waals surface area contributed by atoms with E-state index in [0.29, 0.717) is 10.9 Å². The molecular weight excluding hydrogens is 322 g/mol. The van der Waals surface area contributed by atoms with Crippen LogP contribution in [0.15, 0.2) is 8.68 Å². The third kappa shape index (κ3) is 4.71. The normalized spacial score (nSPS) is 10.6. The third-order valence-electron chi connectivity index (χ3n) is 1.75. The minimum absolute atomic E-state index is 0.109. The van der Waals surface area contributed by atoms with Gasteiger partial charge in [0.15, 0.2) is 8.68 Å². The lowest BCUT2D eigenvalue weighted by molar-refractivity contribution is -0.113. The summed E-state index contributed by atoms with van der Waals surface area (Å²) in [7, 11) is 0. The van der Waals surface area contributed by atoms with Crippen molar-refractivity contribution in [2.24, 2.45) is 0 Å². The Hall–Kier alpha value is -0.710. The van der Waals surface area contributed by atoms with E-state index in [1.54, 1.807) is 11.8 Å². The lowest BCUT2D eigenvalue weighted by Crippen LogP contribution is -2.13. The number of nitrogens with zero attached hydrogens (tertiary/aromatic N) is 4. The molecule has 2 heterocycles. The number of nitrogens with one attached hydrogen (secondary N) is 1. The van der Waals surface area contributed by atoms with Crippen LogP contribution in [0.4, 0.5) is 5.13 Å². The molecule has 0 aliphatic heterocycles. The molecule has 0 radical (unpaired) electrons. The van der Waals surface area contributed by atoms with Gasteiger partial charge in [-0.25, -0.2) is 0 Å². The maximum atomic E-state index is 11.7. The van der Waals surface area contributed by atoms with Crippen LogP contribution in [0.5, 0.6) is 0 Å². The molecule has 102 valence electrons. The van der Waals surface area contributed by atoms with Gasteiger partial charge in [0, 0.05) is 0 Å². The minimum Gasteiger partial charge on any atom is -0.300 e. The number of thioether (sulfide) groups is 2. The predicted molar refractivity (Wildman–Crippen MR) is 80.3 cm³/mol. The van der Waals surface area contributed by atoms with Gasteiger partial charge in [-0.3, -0.25) is 10.1 Å². The molecule has 0 aromatic carbocycles. The summed E-state index contributed by atoms with van der Waals surface area (Å²) in [6, 6.07) is 0. The second-order valence-electron chi connectivity index (χ2n) is 3.23. The van der Waals surface area contributed by atoms with Crippen molar-refractivity contribution in [2.45, 2.75) is 22.5 Å². The molecule has 2 aromatic rings. The Morgan fingerprint density at radius 2 is 1.89 bits per heavy atom. The Bertz CT molecular complexity index is 554. The van der Waals surface area contributed by atoms with E-state index in [1.807, 2.05) is 13.8 Å². The molecule has 0 saturated carbocycles. The molecule has 10 heteroatoms. The molecule has 0 bridgehead atoms. The van der Waals surface area contributed by atoms with Gasteiger partial charge < -0.3 is 0 Å². The van der Waals surface area contributed by atoms with Crippen LogP contribution in [0.3, 0.4) is 0 Å². The molecule has 1 N–H and O–H groups in total. The highest BCUT2D eigenvalue weighted by Crippen LogP contribution is 2.26. The van der Waals surface area contributed by atoms with Crippen LogP contribution in [-0.4, -0.2) is 37.8 Å². The van der Waals surface area contributed by atoms with Crippen LogP contribution in [0.25, 0.3) is 0 Å². The SMILES string of the molecule is CCSc1nnc(NC(=O)CSc2nnc(C)s2)s1. The van der Waals surface area contributed by atoms with Crippen molar-refractivity contribution in [2.75, 3.05) is 16.8 Å². The van der Waals surface area contributed by atoms with Gasteiger partial charge in [-0.2, -0.15) is 0 Å². The highest BCUT2D eigenvalue weighted by Gasteiger charge is 2.10. The second-order valence-corrected chi connectivity index (χ2v) is 8.12. The average Bonchev–Trinajstić information content (AvgIpc) is 2.97. The van der Waals surface area contributed by atoms with Crippen molar-refractivity contribution in [1.29, 1.82) is 0 Å². The smallest absolute Gasteiger partial charge is 0.236 e. The molecule has 0 saturated heterocycles. The maximum Gasteiger partial charge on any atom is 0.236 e. The number of amides is 1. The fourth-order valence-electron chi connectivity index (χ4n) is 1.06. The first-order valence-electron chi connectivity index (χ1n) is 5.36. The van der Waals surface area contributed by atoms with Crippen LogP contribution in [0, 0.1) is 6.92 Å². The van der Waals surface area contributed by atoms with Crippen molar-refractivity contribution < 1.29 is 4.79 Å². The third-order valence-corrected chi connectivity index (χ3v) is 5.58. The first-order valence-corrected chi connectivity index (χ1v) is 8.97. The first kappa shape index (κ1) is 14.7. The minimum atomic E-state index is -0.109. The topological polar surface area (TPSA) is 80.7 Å². The molecule has 0 aliphatic carbocycles. The van der Waals surface area contributed by atoms with E-state index in [4.69, 9.17) is 0 Å². The van der Waals surface area contributed by atoms with E-state index >= 15 is 0 Å². The maximum absolute atomic E-state index is 11.7. The molecule has 2 aromatic heterocycles. The van der Waals surface area contributed by atoms with E-state index in [2.05, 4.69) is 25.7 Å². The average molecular weight is 333 g/mol. The molecule has 6 nitrogen and oxygen atoms in total. The zero-order valence-corrected chi connectivity index (χ0v) is 13.5. The Kier molecular flexibility index (Phi) is 5.55. The number of carbonyl (C=O) groups is 1. The summed E-state index contributed by atoms with van der Waals surface area (Å²) < 4.78 is 1.66. The standard InChI is InChI=1S/C9H11N5OS4/c1-3-16-8-14-12-7(19-8)10-6(15)4-17-9-13-11-5(2)18-9/h3-4H2,1-2H3,(H,10,12,15). The summed E-state index contributed by atoms with van der Waals surface area (Å²) in [5.74, 6) is 1.13. The van der Waals surface area contributed by atoms with Crippen molar-refractivity contribution in [1.82, 2.24) is 20.4 Å². The number of aryl methyl sites for hydroxylation is 1. The molecular formula is C9H11N5OS4. The van der Waals surface area contributed by atoms with Gasteiger partial charge in [0.05, 0.1) is 5.75 Å². The second kappa shape index (κ2) is 7.17. The fourth-order valence-corrected chi connectivity index (χ4v) is 4.34. The van der Waals surface area contributed by atoms with E-state index in [1.165, 1.54) is 34.4 Å². The van der Waals surface area contributed by atoms with Crippen molar-refractivity contribution in [3.05, 3.63) is 5.01 Å². The monoisotopic (exact) mass is 333 g/mol. The lowest BCUT2D eigenvalue weighted by Gasteiger charge is -1.98. The van der Waals surface area contributed by atoms with E-state index < -0.39 is 0 Å². The molecule has 19 heavy (non-hydrogen) atoms. The lowest BCUT2D eigenvalue weighted by atomic mass is 10.7. The Labute approximate surface area is 126 Å². The predicted octanol–water partition coefficient (Wildman–Crippen LogP) is 2.54. The molecule has 0 spiro atoms. The summed E-state index contributed by atoms with van der Waals surface area (Å²) >= 11 is 5.84. The van der Waals surface area contributed by atoms with Gasteiger partial charge in [-0.1, -0.05) is 53.1 Å². The highest BCUT2D eigenvalue weighted by atomic mass is 32.2. The van der Waals surface area contributed by atoms with E-state index in [-0.39, 0.29) is 5.91 Å². The van der Waals surface area contributed by atoms with E-state index in [0.717, 1.165) is 19.4 Å². The fraction of sp³-hybridized carbons (Fsp3) is 0.444. The quantitative estimate of drug-likeness (QED) is 0.642.